The molecule has 4 heteroatoms. The molecule has 3 atom stereocenters. The minimum Gasteiger partial charge on any atom is -0.427 e. The molecular weight excluding hydrogens is 196 g/mol. The number of hydrogen-bond acceptors (Lipinski definition) is 4. The van der Waals surface area contributed by atoms with Gasteiger partial charge in [0.25, 0.3) is 0 Å². The number of rotatable bonds is 2. The van der Waals surface area contributed by atoms with E-state index in [2.05, 4.69) is 6.58 Å². The van der Waals surface area contributed by atoms with Gasteiger partial charge >= 0.3 is 5.97 Å². The summed E-state index contributed by atoms with van der Waals surface area (Å²) in [7, 11) is 0. The van der Waals surface area contributed by atoms with Crippen LogP contribution in [0.4, 0.5) is 0 Å². The van der Waals surface area contributed by atoms with E-state index in [-0.39, 0.29) is 11.5 Å². The third kappa shape index (κ3) is 1.48. The molecule has 2 bridgehead atoms. The lowest BCUT2D eigenvalue weighted by Crippen LogP contribution is -2.53. The van der Waals surface area contributed by atoms with Crippen molar-refractivity contribution in [2.24, 2.45) is 5.92 Å². The zero-order valence-electron chi connectivity index (χ0n) is 8.82. The quantitative estimate of drug-likeness (QED) is 0.402. The van der Waals surface area contributed by atoms with Crippen LogP contribution in [0.15, 0.2) is 12.2 Å². The summed E-state index contributed by atoms with van der Waals surface area (Å²) in [6.45, 7) is 4.96. The fraction of sp³-hybridized carbons (Fsp3) is 0.727. The average molecular weight is 212 g/mol. The van der Waals surface area contributed by atoms with Gasteiger partial charge in [-0.1, -0.05) is 6.58 Å². The summed E-state index contributed by atoms with van der Waals surface area (Å²) in [5.74, 6) is -2.08. The van der Waals surface area contributed by atoms with Gasteiger partial charge in [0.1, 0.15) is 5.60 Å². The first-order valence-electron chi connectivity index (χ1n) is 5.20. The molecule has 0 aromatic carbocycles. The van der Waals surface area contributed by atoms with Crippen molar-refractivity contribution in [2.75, 3.05) is 0 Å². The molecule has 0 radical (unpaired) electrons. The number of esters is 1. The Hall–Kier alpha value is -0.870. The molecule has 0 aromatic heterocycles. The molecule has 2 saturated carbocycles. The van der Waals surface area contributed by atoms with Crippen LogP contribution in [0, 0.1) is 5.92 Å². The molecule has 2 N–H and O–H groups in total. The molecule has 4 nitrogen and oxygen atoms in total. The van der Waals surface area contributed by atoms with Gasteiger partial charge < -0.3 is 14.9 Å². The van der Waals surface area contributed by atoms with E-state index in [1.54, 1.807) is 0 Å². The average Bonchev–Trinajstić information content (AvgIpc) is 2.57. The Morgan fingerprint density at radius 1 is 1.47 bits per heavy atom. The summed E-state index contributed by atoms with van der Waals surface area (Å²) in [5.41, 5.74) is -1.02. The van der Waals surface area contributed by atoms with Gasteiger partial charge in [0.15, 0.2) is 0 Å². The van der Waals surface area contributed by atoms with Crippen molar-refractivity contribution in [1.29, 1.82) is 0 Å². The summed E-state index contributed by atoms with van der Waals surface area (Å²) in [6.07, 6.45) is 2.25. The van der Waals surface area contributed by atoms with Crippen LogP contribution in [0.3, 0.4) is 0 Å². The van der Waals surface area contributed by atoms with Gasteiger partial charge in [-0.05, 0) is 32.1 Å². The van der Waals surface area contributed by atoms with E-state index in [1.807, 2.05) is 0 Å². The van der Waals surface area contributed by atoms with Gasteiger partial charge in [0.2, 0.25) is 5.79 Å². The molecule has 0 spiro atoms. The van der Waals surface area contributed by atoms with Crippen LogP contribution < -0.4 is 0 Å². The molecular formula is C11H16O4. The van der Waals surface area contributed by atoms with Crippen molar-refractivity contribution >= 4 is 5.97 Å². The van der Waals surface area contributed by atoms with Gasteiger partial charge in [-0.25, -0.2) is 4.79 Å². The molecule has 2 aliphatic carbocycles. The van der Waals surface area contributed by atoms with E-state index in [1.165, 1.54) is 6.92 Å². The molecule has 15 heavy (non-hydrogen) atoms. The zero-order chi connectivity index (χ0) is 11.3. The summed E-state index contributed by atoms with van der Waals surface area (Å²) >= 11 is 0. The van der Waals surface area contributed by atoms with Gasteiger partial charge in [-0.3, -0.25) is 0 Å². The zero-order valence-corrected chi connectivity index (χ0v) is 8.82. The lowest BCUT2D eigenvalue weighted by Gasteiger charge is -2.37. The number of aliphatic hydroxyl groups is 2. The SMILES string of the molecule is C=C(C)C(=O)OC1(O)CC2CCC1(O)C2. The third-order valence-electron chi connectivity index (χ3n) is 3.50. The van der Waals surface area contributed by atoms with Crippen molar-refractivity contribution in [3.8, 4) is 0 Å². The van der Waals surface area contributed by atoms with Gasteiger partial charge in [-0.15, -0.1) is 0 Å². The second-order valence-corrected chi connectivity index (χ2v) is 4.80. The molecule has 2 fully saturated rings. The number of fused-ring (bicyclic) bond motifs is 2. The van der Waals surface area contributed by atoms with Gasteiger partial charge in [0.05, 0.1) is 0 Å². The van der Waals surface area contributed by atoms with Crippen LogP contribution in [0.1, 0.15) is 32.6 Å². The fourth-order valence-electron chi connectivity index (χ4n) is 2.61. The minimum atomic E-state index is -1.70. The fourth-order valence-corrected chi connectivity index (χ4v) is 2.61. The van der Waals surface area contributed by atoms with Crippen molar-refractivity contribution in [1.82, 2.24) is 0 Å². The highest BCUT2D eigenvalue weighted by molar-refractivity contribution is 5.87. The third-order valence-corrected chi connectivity index (χ3v) is 3.50. The largest absolute Gasteiger partial charge is 0.427 e. The highest BCUT2D eigenvalue weighted by Crippen LogP contribution is 2.54. The lowest BCUT2D eigenvalue weighted by atomic mass is 9.90. The van der Waals surface area contributed by atoms with Crippen molar-refractivity contribution in [2.45, 2.75) is 44.0 Å². The Labute approximate surface area is 88.6 Å². The van der Waals surface area contributed by atoms with E-state index in [4.69, 9.17) is 4.74 Å². The molecule has 0 saturated heterocycles. The number of carbonyl (C=O) groups is 1. The van der Waals surface area contributed by atoms with E-state index < -0.39 is 17.4 Å². The first kappa shape index (κ1) is 10.6. The van der Waals surface area contributed by atoms with Crippen LogP contribution in [0.25, 0.3) is 0 Å². The maximum absolute atomic E-state index is 11.3. The Morgan fingerprint density at radius 2 is 2.13 bits per heavy atom. The standard InChI is InChI=1S/C11H16O4/c1-7(2)9(12)15-11(14)6-8-3-4-10(11,13)5-8/h8,13-14H,1,3-6H2,2H3. The summed E-state index contributed by atoms with van der Waals surface area (Å²) in [6, 6.07) is 0. The summed E-state index contributed by atoms with van der Waals surface area (Å²) in [5, 5.41) is 20.3. The van der Waals surface area contributed by atoms with Gasteiger partial charge in [0, 0.05) is 12.0 Å². The van der Waals surface area contributed by atoms with Crippen molar-refractivity contribution < 1.29 is 19.7 Å². The maximum Gasteiger partial charge on any atom is 0.335 e. The highest BCUT2D eigenvalue weighted by atomic mass is 16.7. The molecule has 0 amide bonds. The molecule has 2 rings (SSSR count). The first-order valence-corrected chi connectivity index (χ1v) is 5.20. The number of hydrogen-bond donors (Lipinski definition) is 2. The second kappa shape index (κ2) is 3.06. The predicted octanol–water partition coefficient (Wildman–Crippen LogP) is 0.729. The molecule has 0 aliphatic heterocycles. The predicted molar refractivity (Wildman–Crippen MR) is 52.8 cm³/mol. The van der Waals surface area contributed by atoms with Crippen LogP contribution in [0.5, 0.6) is 0 Å². The lowest BCUT2D eigenvalue weighted by molar-refractivity contribution is -0.275. The summed E-state index contributed by atoms with van der Waals surface area (Å²) < 4.78 is 4.96. The minimum absolute atomic E-state index is 0.231. The molecule has 0 aromatic rings. The van der Waals surface area contributed by atoms with Crippen LogP contribution >= 0.6 is 0 Å². The van der Waals surface area contributed by atoms with E-state index in [0.29, 0.717) is 19.3 Å². The number of carbonyl (C=O) groups excluding carboxylic acids is 1. The molecule has 0 heterocycles. The summed E-state index contributed by atoms with van der Waals surface area (Å²) in [4.78, 5) is 11.3. The monoisotopic (exact) mass is 212 g/mol. The molecule has 2 aliphatic rings. The molecule has 3 unspecified atom stereocenters. The Morgan fingerprint density at radius 3 is 2.53 bits per heavy atom. The Bertz CT molecular complexity index is 325. The van der Waals surface area contributed by atoms with Gasteiger partial charge in [-0.2, -0.15) is 0 Å². The van der Waals surface area contributed by atoms with Crippen molar-refractivity contribution in [3.63, 3.8) is 0 Å². The first-order chi connectivity index (χ1) is 6.86. The van der Waals surface area contributed by atoms with E-state index >= 15 is 0 Å². The number of ether oxygens (including phenoxy) is 1. The normalized spacial score (nSPS) is 43.0. The maximum atomic E-state index is 11.3. The topological polar surface area (TPSA) is 66.8 Å². The smallest absolute Gasteiger partial charge is 0.335 e. The van der Waals surface area contributed by atoms with Crippen LogP contribution in [-0.2, 0) is 9.53 Å². The van der Waals surface area contributed by atoms with Crippen LogP contribution in [-0.4, -0.2) is 27.6 Å². The van der Waals surface area contributed by atoms with Crippen molar-refractivity contribution in [3.05, 3.63) is 12.2 Å². The van der Waals surface area contributed by atoms with E-state index in [9.17, 15) is 15.0 Å². The Balaban J connectivity index is 2.15. The highest BCUT2D eigenvalue weighted by Gasteiger charge is 2.63. The molecule has 84 valence electrons. The Kier molecular flexibility index (Phi) is 2.17. The van der Waals surface area contributed by atoms with E-state index in [0.717, 1.165) is 6.42 Å². The van der Waals surface area contributed by atoms with Crippen LogP contribution in [0.2, 0.25) is 0 Å². The second-order valence-electron chi connectivity index (χ2n) is 4.80.